The molecule has 0 bridgehead atoms. The molecule has 0 saturated carbocycles. The molecule has 0 amide bonds. The standard InChI is InChI=1S/C21H21F3N2O4S.C8H10.C2H6/c1-2-4-16-11-18(27)17(20(28)30-16)10-13-5-3-6-15(9-13)26-31(29)19-8-7-14(12-25-19)21(22,23)24;1-2-8-6-4-3-5-7-8;1-2/h3,5-9,12,16,26-27H,2,4,10-11H2,1H3;3-7H,2H2,1H3;1-2H3. The molecule has 2 aromatic carbocycles. The van der Waals surface area contributed by atoms with Gasteiger partial charge in [-0.3, -0.25) is 4.72 Å². The van der Waals surface area contributed by atoms with E-state index in [-0.39, 0.29) is 35.3 Å². The molecule has 222 valence electrons. The van der Waals surface area contributed by atoms with Crippen molar-refractivity contribution in [3.8, 4) is 0 Å². The summed E-state index contributed by atoms with van der Waals surface area (Å²) in [6.07, 6.45) is -1.17. The summed E-state index contributed by atoms with van der Waals surface area (Å²) in [6, 6.07) is 19.0. The third kappa shape index (κ3) is 10.7. The summed E-state index contributed by atoms with van der Waals surface area (Å²) < 4.78 is 58.3. The van der Waals surface area contributed by atoms with Crippen LogP contribution in [-0.4, -0.2) is 26.4 Å². The number of pyridine rings is 1. The molecule has 0 radical (unpaired) electrons. The number of carbonyl (C=O) groups excluding carboxylic acids is 1. The Labute approximate surface area is 242 Å². The van der Waals surface area contributed by atoms with Crippen molar-refractivity contribution in [1.29, 1.82) is 0 Å². The quantitative estimate of drug-likeness (QED) is 0.260. The van der Waals surface area contributed by atoms with Crippen LogP contribution in [0.3, 0.4) is 0 Å². The highest BCUT2D eigenvalue weighted by Crippen LogP contribution is 2.29. The number of aryl methyl sites for hydroxylation is 1. The summed E-state index contributed by atoms with van der Waals surface area (Å²) in [5, 5.41) is 10.2. The molecule has 1 aromatic heterocycles. The summed E-state index contributed by atoms with van der Waals surface area (Å²) in [5.74, 6) is -0.552. The molecule has 3 aromatic rings. The molecule has 0 aliphatic carbocycles. The normalized spacial score (nSPS) is 15.5. The third-order valence-electron chi connectivity index (χ3n) is 5.92. The molecule has 0 fully saturated rings. The first-order chi connectivity index (χ1) is 19.6. The lowest BCUT2D eigenvalue weighted by Crippen LogP contribution is -2.27. The van der Waals surface area contributed by atoms with Crippen LogP contribution in [0.1, 0.15) is 63.6 Å². The minimum absolute atomic E-state index is 0.00518. The van der Waals surface area contributed by atoms with Gasteiger partial charge in [0.1, 0.15) is 16.9 Å². The summed E-state index contributed by atoms with van der Waals surface area (Å²) in [6.45, 7) is 8.13. The van der Waals surface area contributed by atoms with Crippen molar-refractivity contribution in [2.75, 3.05) is 4.72 Å². The molecule has 1 aliphatic heterocycles. The molecular weight excluding hydrogens is 553 g/mol. The van der Waals surface area contributed by atoms with Gasteiger partial charge in [0.2, 0.25) is 0 Å². The van der Waals surface area contributed by atoms with Crippen molar-refractivity contribution in [3.63, 3.8) is 0 Å². The lowest BCUT2D eigenvalue weighted by molar-refractivity contribution is -0.147. The Morgan fingerprint density at radius 3 is 2.24 bits per heavy atom. The number of benzene rings is 2. The number of ether oxygens (including phenoxy) is 1. The first-order valence-corrected chi connectivity index (χ1v) is 14.7. The van der Waals surface area contributed by atoms with Gasteiger partial charge in [-0.1, -0.05) is 76.6 Å². The van der Waals surface area contributed by atoms with Crippen molar-refractivity contribution in [3.05, 3.63) is 101 Å². The Balaban J connectivity index is 0.000000500. The van der Waals surface area contributed by atoms with Crippen LogP contribution in [0.4, 0.5) is 18.9 Å². The van der Waals surface area contributed by atoms with E-state index in [0.29, 0.717) is 23.9 Å². The molecule has 2 heterocycles. The van der Waals surface area contributed by atoms with Crippen LogP contribution in [0, 0.1) is 0 Å². The largest absolute Gasteiger partial charge is 0.512 e. The predicted octanol–water partition coefficient (Wildman–Crippen LogP) is 7.98. The van der Waals surface area contributed by atoms with Crippen molar-refractivity contribution in [1.82, 2.24) is 4.98 Å². The van der Waals surface area contributed by atoms with Crippen molar-refractivity contribution in [2.24, 2.45) is 0 Å². The minimum atomic E-state index is -4.52. The highest BCUT2D eigenvalue weighted by Gasteiger charge is 2.31. The van der Waals surface area contributed by atoms with Crippen LogP contribution < -0.4 is 4.72 Å². The smallest absolute Gasteiger partial charge is 0.417 e. The number of esters is 1. The second kappa shape index (κ2) is 16.6. The monoisotopic (exact) mass is 590 g/mol. The average Bonchev–Trinajstić information content (AvgIpc) is 2.97. The maximum absolute atomic E-state index is 12.6. The van der Waals surface area contributed by atoms with Gasteiger partial charge in [-0.25, -0.2) is 14.0 Å². The maximum atomic E-state index is 12.6. The van der Waals surface area contributed by atoms with Crippen LogP contribution in [0.25, 0.3) is 0 Å². The zero-order valence-electron chi connectivity index (χ0n) is 23.7. The van der Waals surface area contributed by atoms with E-state index in [1.54, 1.807) is 24.3 Å². The molecule has 0 saturated heterocycles. The Morgan fingerprint density at radius 1 is 1.02 bits per heavy atom. The van der Waals surface area contributed by atoms with E-state index < -0.39 is 28.7 Å². The Morgan fingerprint density at radius 2 is 1.71 bits per heavy atom. The number of nitrogens with zero attached hydrogens (tertiary/aromatic N) is 1. The number of aliphatic hydroxyl groups excluding tert-OH is 1. The van der Waals surface area contributed by atoms with E-state index in [2.05, 4.69) is 40.9 Å². The number of rotatable bonds is 8. The lowest BCUT2D eigenvalue weighted by atomic mass is 9.98. The molecule has 10 heteroatoms. The lowest BCUT2D eigenvalue weighted by Gasteiger charge is -2.24. The van der Waals surface area contributed by atoms with Gasteiger partial charge in [-0.15, -0.1) is 0 Å². The molecule has 6 nitrogen and oxygen atoms in total. The number of cyclic esters (lactones) is 1. The molecule has 1 aliphatic rings. The van der Waals surface area contributed by atoms with Gasteiger partial charge < -0.3 is 9.84 Å². The molecule has 2 unspecified atom stereocenters. The number of hydrogen-bond acceptors (Lipinski definition) is 5. The van der Waals surface area contributed by atoms with E-state index >= 15 is 0 Å². The van der Waals surface area contributed by atoms with Crippen molar-refractivity contribution < 1.29 is 32.0 Å². The number of anilines is 1. The van der Waals surface area contributed by atoms with Gasteiger partial charge in [0.25, 0.3) is 0 Å². The first kappa shape index (κ1) is 33.5. The van der Waals surface area contributed by atoms with E-state index in [0.717, 1.165) is 25.0 Å². The Kier molecular flexibility index (Phi) is 13.6. The van der Waals surface area contributed by atoms with Gasteiger partial charge in [-0.2, -0.15) is 13.2 Å². The summed E-state index contributed by atoms with van der Waals surface area (Å²) in [7, 11) is -1.89. The summed E-state index contributed by atoms with van der Waals surface area (Å²) in [4.78, 5) is 15.9. The van der Waals surface area contributed by atoms with Crippen LogP contribution in [0.2, 0.25) is 0 Å². The molecule has 0 spiro atoms. The van der Waals surface area contributed by atoms with Crippen molar-refractivity contribution in [2.45, 2.75) is 77.1 Å². The number of halogens is 3. The summed E-state index contributed by atoms with van der Waals surface area (Å²) in [5.41, 5.74) is 1.74. The fourth-order valence-electron chi connectivity index (χ4n) is 3.86. The fourth-order valence-corrected chi connectivity index (χ4v) is 4.64. The van der Waals surface area contributed by atoms with Crippen LogP contribution >= 0.6 is 0 Å². The molecule has 41 heavy (non-hydrogen) atoms. The number of aromatic nitrogens is 1. The van der Waals surface area contributed by atoms with Gasteiger partial charge in [-0.05, 0) is 48.2 Å². The molecule has 2 N–H and O–H groups in total. The Hall–Kier alpha value is -3.66. The second-order valence-corrected chi connectivity index (χ2v) is 10.1. The fraction of sp³-hybridized carbons (Fsp3) is 0.355. The molecular formula is C31H37F3N2O4S. The molecule has 4 rings (SSSR count). The Bertz CT molecular complexity index is 1300. The number of alkyl halides is 3. The minimum Gasteiger partial charge on any atom is -0.512 e. The van der Waals surface area contributed by atoms with Gasteiger partial charge >= 0.3 is 12.1 Å². The average molecular weight is 591 g/mol. The van der Waals surface area contributed by atoms with Crippen molar-refractivity contribution >= 4 is 22.6 Å². The first-order valence-electron chi connectivity index (χ1n) is 13.6. The number of aliphatic hydroxyl groups is 1. The third-order valence-corrected chi connectivity index (χ3v) is 6.97. The zero-order valence-corrected chi connectivity index (χ0v) is 24.5. The highest BCUT2D eigenvalue weighted by molar-refractivity contribution is 7.86. The zero-order chi connectivity index (χ0) is 30.4. The van der Waals surface area contributed by atoms with Crippen LogP contribution in [-0.2, 0) is 39.5 Å². The van der Waals surface area contributed by atoms with Crippen LogP contribution in [0.5, 0.6) is 0 Å². The van der Waals surface area contributed by atoms with Crippen LogP contribution in [0.15, 0.2) is 89.3 Å². The number of hydrogen-bond donors (Lipinski definition) is 2. The van der Waals surface area contributed by atoms with Gasteiger partial charge in [0, 0.05) is 24.7 Å². The van der Waals surface area contributed by atoms with E-state index in [4.69, 9.17) is 4.74 Å². The summed E-state index contributed by atoms with van der Waals surface area (Å²) >= 11 is 0. The topological polar surface area (TPSA) is 88.5 Å². The SMILES string of the molecule is CC.CCCC1CC(O)=C(Cc2cccc(NS(=O)c3ccc(C(F)(F)F)cn3)c2)C(=O)O1.CCc1ccccc1. The van der Waals surface area contributed by atoms with E-state index in [1.165, 1.54) is 5.56 Å². The number of carbonyl (C=O) groups is 1. The maximum Gasteiger partial charge on any atom is 0.417 e. The molecule has 2 atom stereocenters. The number of nitrogens with one attached hydrogen (secondary N) is 1. The van der Waals surface area contributed by atoms with E-state index in [1.807, 2.05) is 26.8 Å². The van der Waals surface area contributed by atoms with E-state index in [9.17, 15) is 27.3 Å². The second-order valence-electron chi connectivity index (χ2n) is 8.92. The predicted molar refractivity (Wildman–Crippen MR) is 156 cm³/mol. The van der Waals surface area contributed by atoms with Gasteiger partial charge in [0.05, 0.1) is 11.1 Å². The highest BCUT2D eigenvalue weighted by atomic mass is 32.2. The van der Waals surface area contributed by atoms with Gasteiger partial charge in [0.15, 0.2) is 11.0 Å².